The summed E-state index contributed by atoms with van der Waals surface area (Å²) in [5.74, 6) is 0.868. The number of hydrogen-bond donors (Lipinski definition) is 4. The molecule has 8 nitrogen and oxygen atoms in total. The van der Waals surface area contributed by atoms with E-state index in [2.05, 4.69) is 25.9 Å². The van der Waals surface area contributed by atoms with Gasteiger partial charge in [-0.3, -0.25) is 0 Å². The van der Waals surface area contributed by atoms with Gasteiger partial charge in [0.25, 0.3) is 0 Å². The molecule has 4 N–H and O–H groups in total. The third kappa shape index (κ3) is 3.54. The van der Waals surface area contributed by atoms with E-state index in [9.17, 15) is 0 Å². The van der Waals surface area contributed by atoms with Gasteiger partial charge in [-0.2, -0.15) is 4.98 Å². The summed E-state index contributed by atoms with van der Waals surface area (Å²) in [5, 5.41) is 16.8. The first-order valence-electron chi connectivity index (χ1n) is 7.38. The summed E-state index contributed by atoms with van der Waals surface area (Å²) >= 11 is 6.18. The first-order chi connectivity index (χ1) is 11.2. The van der Waals surface area contributed by atoms with Crippen LogP contribution in [0.4, 0.5) is 11.8 Å². The Morgan fingerprint density at radius 1 is 1.48 bits per heavy atom. The van der Waals surface area contributed by atoms with Crippen LogP contribution in [0.15, 0.2) is 18.1 Å². The number of allylic oxidation sites excluding steroid dienone is 1. The van der Waals surface area contributed by atoms with Crippen LogP contribution in [0.5, 0.6) is 0 Å². The Hall–Kier alpha value is -1.90. The highest BCUT2D eigenvalue weighted by Gasteiger charge is 2.42. The highest BCUT2D eigenvalue weighted by molar-refractivity contribution is 6.32. The van der Waals surface area contributed by atoms with Crippen molar-refractivity contribution in [2.75, 3.05) is 30.9 Å². The molecule has 23 heavy (non-hydrogen) atoms. The van der Waals surface area contributed by atoms with Crippen LogP contribution in [-0.4, -0.2) is 54.7 Å². The van der Waals surface area contributed by atoms with Crippen LogP contribution in [0.2, 0.25) is 5.02 Å². The number of halogens is 1. The first-order valence-corrected chi connectivity index (χ1v) is 7.76. The second-order valence-electron chi connectivity index (χ2n) is 5.29. The van der Waals surface area contributed by atoms with Crippen molar-refractivity contribution in [1.29, 1.82) is 5.41 Å². The van der Waals surface area contributed by atoms with Gasteiger partial charge in [-0.25, -0.2) is 4.98 Å². The lowest BCUT2D eigenvalue weighted by atomic mass is 10.1. The second-order valence-corrected chi connectivity index (χ2v) is 5.70. The van der Waals surface area contributed by atoms with Gasteiger partial charge < -0.3 is 30.8 Å². The standard InChI is InChI=1S/C14H19ClN6O2/c1-17-5-8(4-16)19-14-18-6-9(15)13(21-14)20-10-7-23-11-2-3-22-12(10)11/h4-6,10-12,16-17H,2-3,7H2,1H3,(H2,18,19,20,21)/b8-5+,16-4?. The molecule has 3 rings (SSSR count). The Morgan fingerprint density at radius 2 is 2.35 bits per heavy atom. The second kappa shape index (κ2) is 7.12. The van der Waals surface area contributed by atoms with Crippen molar-refractivity contribution < 1.29 is 9.47 Å². The number of nitrogens with one attached hydrogen (secondary N) is 4. The molecule has 2 aliphatic rings. The molecule has 2 fully saturated rings. The molecular formula is C14H19ClN6O2. The molecule has 9 heteroatoms. The van der Waals surface area contributed by atoms with Gasteiger partial charge in [0.05, 0.1) is 30.6 Å². The molecule has 0 saturated carbocycles. The van der Waals surface area contributed by atoms with E-state index in [0.29, 0.717) is 29.1 Å². The average Bonchev–Trinajstić information content (AvgIpc) is 3.15. The summed E-state index contributed by atoms with van der Waals surface area (Å²) in [6.07, 6.45) is 5.42. The lowest BCUT2D eigenvalue weighted by Crippen LogP contribution is -2.34. The van der Waals surface area contributed by atoms with E-state index in [1.807, 2.05) is 0 Å². The van der Waals surface area contributed by atoms with Gasteiger partial charge in [0.15, 0.2) is 5.82 Å². The summed E-state index contributed by atoms with van der Waals surface area (Å²) in [5.41, 5.74) is 0.532. The van der Waals surface area contributed by atoms with E-state index >= 15 is 0 Å². The van der Waals surface area contributed by atoms with E-state index in [1.165, 1.54) is 12.4 Å². The van der Waals surface area contributed by atoms with Crippen molar-refractivity contribution in [3.8, 4) is 0 Å². The zero-order valence-corrected chi connectivity index (χ0v) is 13.4. The molecule has 0 bridgehead atoms. The Balaban J connectivity index is 1.73. The molecule has 0 spiro atoms. The lowest BCUT2D eigenvalue weighted by Gasteiger charge is -2.19. The fourth-order valence-electron chi connectivity index (χ4n) is 2.69. The molecule has 1 aromatic rings. The van der Waals surface area contributed by atoms with E-state index in [1.54, 1.807) is 13.2 Å². The number of ether oxygens (including phenoxy) is 2. The van der Waals surface area contributed by atoms with E-state index in [4.69, 9.17) is 26.5 Å². The maximum absolute atomic E-state index is 7.34. The minimum atomic E-state index is 0.0119. The van der Waals surface area contributed by atoms with Crippen molar-refractivity contribution in [1.82, 2.24) is 15.3 Å². The van der Waals surface area contributed by atoms with Crippen molar-refractivity contribution >= 4 is 29.6 Å². The summed E-state index contributed by atoms with van der Waals surface area (Å²) in [6.45, 7) is 1.28. The van der Waals surface area contributed by atoms with Crippen molar-refractivity contribution in [3.63, 3.8) is 0 Å². The van der Waals surface area contributed by atoms with Crippen molar-refractivity contribution in [2.24, 2.45) is 0 Å². The number of anilines is 2. The Bertz CT molecular complexity index is 611. The van der Waals surface area contributed by atoms with Crippen LogP contribution in [0, 0.1) is 5.41 Å². The molecule has 0 radical (unpaired) electrons. The molecule has 0 aliphatic carbocycles. The normalized spacial score (nSPS) is 26.7. The van der Waals surface area contributed by atoms with Crippen LogP contribution in [0.3, 0.4) is 0 Å². The highest BCUT2D eigenvalue weighted by Crippen LogP contribution is 2.30. The topological polar surface area (TPSA) is 104 Å². The van der Waals surface area contributed by atoms with Gasteiger partial charge in [0.1, 0.15) is 11.1 Å². The van der Waals surface area contributed by atoms with Crippen molar-refractivity contribution in [3.05, 3.63) is 23.1 Å². The maximum Gasteiger partial charge on any atom is 0.229 e. The highest BCUT2D eigenvalue weighted by atomic mass is 35.5. The van der Waals surface area contributed by atoms with Gasteiger partial charge in [-0.15, -0.1) is 0 Å². The third-order valence-corrected chi connectivity index (χ3v) is 4.02. The van der Waals surface area contributed by atoms with Gasteiger partial charge in [0, 0.05) is 26.1 Å². The number of nitrogens with zero attached hydrogens (tertiary/aromatic N) is 2. The molecule has 1 aromatic heterocycles. The summed E-state index contributed by atoms with van der Waals surface area (Å²) in [6, 6.07) is 0.0119. The molecule has 2 aliphatic heterocycles. The fourth-order valence-corrected chi connectivity index (χ4v) is 2.84. The predicted molar refractivity (Wildman–Crippen MR) is 88.1 cm³/mol. The monoisotopic (exact) mass is 338 g/mol. The fraction of sp³-hybridized carbons (Fsp3) is 0.500. The summed E-state index contributed by atoms with van der Waals surface area (Å²) in [4.78, 5) is 8.49. The minimum Gasteiger partial charge on any atom is -0.392 e. The summed E-state index contributed by atoms with van der Waals surface area (Å²) in [7, 11) is 1.75. The van der Waals surface area contributed by atoms with Gasteiger partial charge in [-0.05, 0) is 6.42 Å². The molecule has 0 amide bonds. The summed E-state index contributed by atoms with van der Waals surface area (Å²) < 4.78 is 11.4. The molecule has 2 saturated heterocycles. The van der Waals surface area contributed by atoms with Gasteiger partial charge in [-0.1, -0.05) is 11.6 Å². The van der Waals surface area contributed by atoms with Gasteiger partial charge >= 0.3 is 0 Å². The molecular weight excluding hydrogens is 320 g/mol. The first kappa shape index (κ1) is 16.0. The lowest BCUT2D eigenvalue weighted by molar-refractivity contribution is 0.0718. The predicted octanol–water partition coefficient (Wildman–Crippen LogP) is 1.22. The van der Waals surface area contributed by atoms with E-state index in [-0.39, 0.29) is 18.2 Å². The molecule has 124 valence electrons. The molecule has 3 atom stereocenters. The number of fused-ring (bicyclic) bond motifs is 1. The van der Waals surface area contributed by atoms with Crippen LogP contribution in [0.25, 0.3) is 0 Å². The van der Waals surface area contributed by atoms with E-state index < -0.39 is 0 Å². The number of hydrogen-bond acceptors (Lipinski definition) is 8. The SMILES string of the molecule is CN/C=C(\C=N)Nc1ncc(Cl)c(NC2COC3CCOC23)n1. The van der Waals surface area contributed by atoms with Crippen LogP contribution in [-0.2, 0) is 9.47 Å². The Kier molecular flexibility index (Phi) is 4.94. The average molecular weight is 339 g/mol. The minimum absolute atomic E-state index is 0.0119. The van der Waals surface area contributed by atoms with Crippen LogP contribution < -0.4 is 16.0 Å². The Morgan fingerprint density at radius 3 is 3.13 bits per heavy atom. The zero-order chi connectivity index (χ0) is 16.2. The number of rotatable bonds is 6. The number of aromatic nitrogens is 2. The van der Waals surface area contributed by atoms with Crippen LogP contribution in [0.1, 0.15) is 6.42 Å². The smallest absolute Gasteiger partial charge is 0.229 e. The van der Waals surface area contributed by atoms with E-state index in [0.717, 1.165) is 13.0 Å². The molecule has 3 unspecified atom stereocenters. The van der Waals surface area contributed by atoms with Crippen molar-refractivity contribution in [2.45, 2.75) is 24.7 Å². The maximum atomic E-state index is 7.34. The zero-order valence-electron chi connectivity index (χ0n) is 12.7. The third-order valence-electron chi connectivity index (χ3n) is 3.74. The largest absolute Gasteiger partial charge is 0.392 e. The quantitative estimate of drug-likeness (QED) is 0.578. The molecule has 3 heterocycles. The Labute approximate surface area is 139 Å². The van der Waals surface area contributed by atoms with Gasteiger partial charge in [0.2, 0.25) is 5.95 Å². The van der Waals surface area contributed by atoms with Crippen LogP contribution >= 0.6 is 11.6 Å². The molecule has 0 aromatic carbocycles.